The van der Waals surface area contributed by atoms with Crippen LogP contribution < -0.4 is 5.32 Å². The molecule has 168 valence electrons. The standard InChI is InChI=1S/C29H24FN3O/c30-24-9-6-20(7-10-24)12-17-32-28(22-4-2-1-3-5-22)29(34)26-19-33-27-18-23(8-11-25(26)27)21-13-15-31-16-14-21/h1-11,13-16,18-19,28,32-33H,12,17H2. The van der Waals surface area contributed by atoms with Crippen LogP contribution in [-0.4, -0.2) is 22.3 Å². The molecule has 0 saturated heterocycles. The summed E-state index contributed by atoms with van der Waals surface area (Å²) in [7, 11) is 0. The van der Waals surface area contributed by atoms with E-state index in [1.165, 1.54) is 12.1 Å². The topological polar surface area (TPSA) is 57.8 Å². The van der Waals surface area contributed by atoms with Crippen molar-refractivity contribution in [3.63, 3.8) is 0 Å². The summed E-state index contributed by atoms with van der Waals surface area (Å²) in [5, 5.41) is 4.32. The van der Waals surface area contributed by atoms with Crippen LogP contribution in [0.2, 0.25) is 0 Å². The second-order valence-electron chi connectivity index (χ2n) is 8.24. The van der Waals surface area contributed by atoms with E-state index in [-0.39, 0.29) is 11.6 Å². The number of hydrogen-bond donors (Lipinski definition) is 2. The third-order valence-corrected chi connectivity index (χ3v) is 6.03. The van der Waals surface area contributed by atoms with E-state index in [0.29, 0.717) is 18.5 Å². The highest BCUT2D eigenvalue weighted by molar-refractivity contribution is 6.11. The second-order valence-corrected chi connectivity index (χ2v) is 8.24. The minimum absolute atomic E-state index is 0.00761. The minimum atomic E-state index is -0.486. The van der Waals surface area contributed by atoms with E-state index in [2.05, 4.69) is 21.4 Å². The normalized spacial score (nSPS) is 12.0. The zero-order chi connectivity index (χ0) is 23.3. The molecule has 2 aromatic heterocycles. The van der Waals surface area contributed by atoms with Crippen molar-refractivity contribution in [2.45, 2.75) is 12.5 Å². The molecule has 0 aliphatic carbocycles. The molecule has 0 bridgehead atoms. The van der Waals surface area contributed by atoms with Crippen molar-refractivity contribution in [2.75, 3.05) is 6.54 Å². The van der Waals surface area contributed by atoms with Gasteiger partial charge in [0.2, 0.25) is 0 Å². The first-order chi connectivity index (χ1) is 16.7. The highest BCUT2D eigenvalue weighted by atomic mass is 19.1. The number of H-pyrrole nitrogens is 1. The van der Waals surface area contributed by atoms with Crippen LogP contribution >= 0.6 is 0 Å². The van der Waals surface area contributed by atoms with Gasteiger partial charge in [-0.05, 0) is 59.0 Å². The molecule has 0 saturated carbocycles. The van der Waals surface area contributed by atoms with Crippen LogP contribution in [0, 0.1) is 5.82 Å². The van der Waals surface area contributed by atoms with Crippen LogP contribution in [0.15, 0.2) is 104 Å². The van der Waals surface area contributed by atoms with Crippen LogP contribution in [-0.2, 0) is 6.42 Å². The molecule has 5 rings (SSSR count). The summed E-state index contributed by atoms with van der Waals surface area (Å²) in [6.45, 7) is 0.589. The number of fused-ring (bicyclic) bond motifs is 1. The Labute approximate surface area is 197 Å². The van der Waals surface area contributed by atoms with Gasteiger partial charge in [0.05, 0.1) is 6.04 Å². The molecule has 0 amide bonds. The quantitative estimate of drug-likeness (QED) is 0.280. The van der Waals surface area contributed by atoms with E-state index >= 15 is 0 Å². The molecule has 2 N–H and O–H groups in total. The van der Waals surface area contributed by atoms with Gasteiger partial charge in [0.25, 0.3) is 0 Å². The Balaban J connectivity index is 1.40. The number of nitrogens with one attached hydrogen (secondary N) is 2. The van der Waals surface area contributed by atoms with Gasteiger partial charge in [-0.25, -0.2) is 4.39 Å². The Morgan fingerprint density at radius 3 is 2.44 bits per heavy atom. The monoisotopic (exact) mass is 449 g/mol. The third-order valence-electron chi connectivity index (χ3n) is 6.03. The Hall–Kier alpha value is -4.09. The van der Waals surface area contributed by atoms with Crippen molar-refractivity contribution in [1.82, 2.24) is 15.3 Å². The van der Waals surface area contributed by atoms with E-state index in [0.717, 1.165) is 33.2 Å². The van der Waals surface area contributed by atoms with E-state index in [1.54, 1.807) is 30.7 Å². The summed E-state index contributed by atoms with van der Waals surface area (Å²) in [5.74, 6) is -0.242. The molecule has 0 aliphatic heterocycles. The fourth-order valence-electron chi connectivity index (χ4n) is 4.23. The highest BCUT2D eigenvalue weighted by Crippen LogP contribution is 2.28. The lowest BCUT2D eigenvalue weighted by Crippen LogP contribution is -2.30. The van der Waals surface area contributed by atoms with E-state index in [9.17, 15) is 9.18 Å². The van der Waals surface area contributed by atoms with Gasteiger partial charge < -0.3 is 10.3 Å². The first-order valence-electron chi connectivity index (χ1n) is 11.3. The molecule has 5 heteroatoms. The molecule has 0 aliphatic rings. The Bertz CT molecular complexity index is 1400. The first-order valence-corrected chi connectivity index (χ1v) is 11.3. The lowest BCUT2D eigenvalue weighted by molar-refractivity contribution is 0.0945. The zero-order valence-corrected chi connectivity index (χ0v) is 18.5. The molecular weight excluding hydrogens is 425 g/mol. The lowest BCUT2D eigenvalue weighted by Gasteiger charge is -2.18. The van der Waals surface area contributed by atoms with Gasteiger partial charge in [0, 0.05) is 41.6 Å². The van der Waals surface area contributed by atoms with Gasteiger partial charge in [-0.1, -0.05) is 54.6 Å². The van der Waals surface area contributed by atoms with Crippen LogP contribution in [0.4, 0.5) is 4.39 Å². The van der Waals surface area contributed by atoms with Gasteiger partial charge in [-0.3, -0.25) is 9.78 Å². The highest BCUT2D eigenvalue weighted by Gasteiger charge is 2.24. The number of benzene rings is 3. The lowest BCUT2D eigenvalue weighted by atomic mass is 9.96. The number of halogens is 1. The SMILES string of the molecule is O=C(c1c[nH]c2cc(-c3ccncc3)ccc12)C(NCCc1ccc(F)cc1)c1ccccc1. The summed E-state index contributed by atoms with van der Waals surface area (Å²) in [4.78, 5) is 21.1. The number of aromatic nitrogens is 2. The molecule has 4 nitrogen and oxygen atoms in total. The second kappa shape index (κ2) is 9.81. The Morgan fingerprint density at radius 2 is 1.68 bits per heavy atom. The van der Waals surface area contributed by atoms with Crippen molar-refractivity contribution in [3.05, 3.63) is 126 Å². The average molecular weight is 450 g/mol. The summed E-state index contributed by atoms with van der Waals surface area (Å²) < 4.78 is 13.2. The van der Waals surface area contributed by atoms with Gasteiger partial charge in [-0.15, -0.1) is 0 Å². The predicted octanol–water partition coefficient (Wildman–Crippen LogP) is 6.13. The van der Waals surface area contributed by atoms with Crippen molar-refractivity contribution < 1.29 is 9.18 Å². The Kier molecular flexibility index (Phi) is 6.27. The average Bonchev–Trinajstić information content (AvgIpc) is 3.32. The van der Waals surface area contributed by atoms with Gasteiger partial charge in [0.15, 0.2) is 5.78 Å². The molecule has 0 radical (unpaired) electrons. The molecule has 1 atom stereocenters. The molecular formula is C29H24FN3O. The largest absolute Gasteiger partial charge is 0.360 e. The maximum absolute atomic E-state index is 13.7. The molecule has 1 unspecified atom stereocenters. The number of hydrogen-bond acceptors (Lipinski definition) is 3. The number of rotatable bonds is 8. The maximum Gasteiger partial charge on any atom is 0.186 e. The van der Waals surface area contributed by atoms with E-state index in [4.69, 9.17) is 0 Å². The fraction of sp³-hybridized carbons (Fsp3) is 0.103. The molecule has 34 heavy (non-hydrogen) atoms. The fourth-order valence-corrected chi connectivity index (χ4v) is 4.23. The predicted molar refractivity (Wildman–Crippen MR) is 133 cm³/mol. The first kappa shape index (κ1) is 21.7. The number of carbonyl (C=O) groups excluding carboxylic acids is 1. The smallest absolute Gasteiger partial charge is 0.186 e. The number of Topliss-reactive ketones (excluding diaryl/α,β-unsaturated/α-hetero) is 1. The molecule has 2 heterocycles. The number of aromatic amines is 1. The van der Waals surface area contributed by atoms with Crippen LogP contribution in [0.25, 0.3) is 22.0 Å². The molecule has 3 aromatic carbocycles. The van der Waals surface area contributed by atoms with Gasteiger partial charge in [0.1, 0.15) is 5.82 Å². The van der Waals surface area contributed by atoms with Crippen molar-refractivity contribution in [1.29, 1.82) is 0 Å². The summed E-state index contributed by atoms with van der Waals surface area (Å²) in [6.07, 6.45) is 6.03. The number of ketones is 1. The summed E-state index contributed by atoms with van der Waals surface area (Å²) in [5.41, 5.74) is 5.63. The van der Waals surface area contributed by atoms with Crippen LogP contribution in [0.3, 0.4) is 0 Å². The van der Waals surface area contributed by atoms with Crippen LogP contribution in [0.1, 0.15) is 27.5 Å². The molecule has 5 aromatic rings. The Morgan fingerprint density at radius 1 is 0.912 bits per heavy atom. The van der Waals surface area contributed by atoms with Crippen molar-refractivity contribution in [2.24, 2.45) is 0 Å². The van der Waals surface area contributed by atoms with E-state index < -0.39 is 6.04 Å². The third kappa shape index (κ3) is 4.65. The van der Waals surface area contributed by atoms with Gasteiger partial charge in [-0.2, -0.15) is 0 Å². The maximum atomic E-state index is 13.7. The summed E-state index contributed by atoms with van der Waals surface area (Å²) >= 11 is 0. The van der Waals surface area contributed by atoms with Gasteiger partial charge >= 0.3 is 0 Å². The number of carbonyl (C=O) groups is 1. The van der Waals surface area contributed by atoms with Crippen molar-refractivity contribution in [3.8, 4) is 11.1 Å². The number of pyridine rings is 1. The zero-order valence-electron chi connectivity index (χ0n) is 18.5. The van der Waals surface area contributed by atoms with E-state index in [1.807, 2.05) is 54.6 Å². The van der Waals surface area contributed by atoms with Crippen LogP contribution in [0.5, 0.6) is 0 Å². The van der Waals surface area contributed by atoms with Crippen molar-refractivity contribution >= 4 is 16.7 Å². The minimum Gasteiger partial charge on any atom is -0.360 e. The molecule has 0 fully saturated rings. The summed E-state index contributed by atoms with van der Waals surface area (Å²) in [6, 6.07) is 25.7. The number of nitrogens with zero attached hydrogens (tertiary/aromatic N) is 1. The molecule has 0 spiro atoms.